The number of carbonyl (C=O) groups is 2. The molecule has 7 heteroatoms. The van der Waals surface area contributed by atoms with Crippen LogP contribution in [0.3, 0.4) is 0 Å². The predicted molar refractivity (Wildman–Crippen MR) is 106 cm³/mol. The zero-order valence-electron chi connectivity index (χ0n) is 15.5. The summed E-state index contributed by atoms with van der Waals surface area (Å²) in [6.45, 7) is 6.16. The number of nitrogens with two attached hydrogens (primary N) is 1. The average Bonchev–Trinajstić information content (AvgIpc) is 2.65. The number of likely N-dealkylation sites (N-methyl/N-ethyl adjacent to an activating group) is 1. The van der Waals surface area contributed by atoms with E-state index in [0.29, 0.717) is 39.3 Å². The number of likely N-dealkylation sites (tertiary alicyclic amines) is 1. The van der Waals surface area contributed by atoms with Crippen molar-refractivity contribution in [3.63, 3.8) is 0 Å². The fourth-order valence-corrected chi connectivity index (χ4v) is 3.22. The molecule has 0 spiro atoms. The molecular formula is C19H31ClN4O2. The third-order valence-electron chi connectivity index (χ3n) is 4.63. The molecule has 0 aromatic heterocycles. The van der Waals surface area contributed by atoms with Gasteiger partial charge in [-0.1, -0.05) is 30.3 Å². The first kappa shape index (κ1) is 22.4. The van der Waals surface area contributed by atoms with Crippen molar-refractivity contribution in [3.8, 4) is 0 Å². The minimum Gasteiger partial charge on any atom is -0.355 e. The number of piperidine rings is 1. The number of rotatable bonds is 8. The minimum atomic E-state index is -0.0442. The Morgan fingerprint density at radius 2 is 2.04 bits per heavy atom. The van der Waals surface area contributed by atoms with Gasteiger partial charge in [-0.05, 0) is 31.9 Å². The van der Waals surface area contributed by atoms with Crippen LogP contribution in [0.1, 0.15) is 25.3 Å². The monoisotopic (exact) mass is 382 g/mol. The Kier molecular flexibility index (Phi) is 10.2. The fourth-order valence-electron chi connectivity index (χ4n) is 3.22. The Morgan fingerprint density at radius 3 is 2.69 bits per heavy atom. The minimum absolute atomic E-state index is 0. The van der Waals surface area contributed by atoms with Gasteiger partial charge in [-0.2, -0.15) is 0 Å². The van der Waals surface area contributed by atoms with Crippen LogP contribution in [-0.2, 0) is 16.1 Å². The van der Waals surface area contributed by atoms with Gasteiger partial charge in [0.05, 0.1) is 12.5 Å². The molecule has 26 heavy (non-hydrogen) atoms. The summed E-state index contributed by atoms with van der Waals surface area (Å²) in [5, 5.41) is 2.86. The van der Waals surface area contributed by atoms with Crippen LogP contribution >= 0.6 is 12.4 Å². The van der Waals surface area contributed by atoms with Crippen LogP contribution in [0.15, 0.2) is 30.3 Å². The van der Waals surface area contributed by atoms with E-state index in [4.69, 9.17) is 5.73 Å². The highest BCUT2D eigenvalue weighted by molar-refractivity contribution is 5.85. The van der Waals surface area contributed by atoms with Gasteiger partial charge in [-0.15, -0.1) is 12.4 Å². The quantitative estimate of drug-likeness (QED) is 0.709. The Labute approximate surface area is 162 Å². The number of amides is 2. The number of halogens is 1. The molecule has 1 saturated heterocycles. The van der Waals surface area contributed by atoms with Gasteiger partial charge in [0.2, 0.25) is 11.8 Å². The number of carbonyl (C=O) groups excluding carboxylic acids is 2. The second-order valence-corrected chi connectivity index (χ2v) is 6.55. The lowest BCUT2D eigenvalue weighted by Gasteiger charge is -2.33. The van der Waals surface area contributed by atoms with Gasteiger partial charge in [0.1, 0.15) is 0 Å². The molecule has 3 N–H and O–H groups in total. The molecule has 1 atom stereocenters. The predicted octanol–water partition coefficient (Wildman–Crippen LogP) is 1.24. The van der Waals surface area contributed by atoms with Crippen LogP contribution in [0.25, 0.3) is 0 Å². The van der Waals surface area contributed by atoms with Crippen LogP contribution in [0.4, 0.5) is 0 Å². The highest BCUT2D eigenvalue weighted by Gasteiger charge is 2.27. The van der Waals surface area contributed by atoms with Gasteiger partial charge >= 0.3 is 0 Å². The molecule has 1 aromatic rings. The van der Waals surface area contributed by atoms with Gasteiger partial charge in [0.15, 0.2) is 0 Å². The van der Waals surface area contributed by atoms with Crippen LogP contribution in [-0.4, -0.2) is 60.9 Å². The molecule has 1 fully saturated rings. The van der Waals surface area contributed by atoms with Crippen molar-refractivity contribution in [1.82, 2.24) is 15.1 Å². The highest BCUT2D eigenvalue weighted by atomic mass is 35.5. The number of hydrogen-bond donors (Lipinski definition) is 2. The Hall–Kier alpha value is -1.63. The van der Waals surface area contributed by atoms with Crippen molar-refractivity contribution >= 4 is 24.2 Å². The van der Waals surface area contributed by atoms with Crippen LogP contribution < -0.4 is 11.1 Å². The van der Waals surface area contributed by atoms with Crippen molar-refractivity contribution in [1.29, 1.82) is 0 Å². The summed E-state index contributed by atoms with van der Waals surface area (Å²) in [5.74, 6) is 0.130. The summed E-state index contributed by atoms with van der Waals surface area (Å²) in [4.78, 5) is 28.8. The van der Waals surface area contributed by atoms with Gasteiger partial charge < -0.3 is 16.0 Å². The summed E-state index contributed by atoms with van der Waals surface area (Å²) in [6.07, 6.45) is 1.82. The molecule has 2 rings (SSSR count). The second-order valence-electron chi connectivity index (χ2n) is 6.55. The Balaban J connectivity index is 0.00000338. The van der Waals surface area contributed by atoms with Crippen molar-refractivity contribution in [3.05, 3.63) is 35.9 Å². The van der Waals surface area contributed by atoms with Gasteiger partial charge in [0, 0.05) is 32.7 Å². The Morgan fingerprint density at radius 1 is 1.31 bits per heavy atom. The fraction of sp³-hybridized carbons (Fsp3) is 0.579. The standard InChI is InChI=1S/C19H30N4O2.ClH/c1-2-23(13-16-7-4-3-5-8-16)18(24)15-22-12-6-9-17(14-22)19(25)21-11-10-20;/h3-5,7-8,17H,2,6,9-15,20H2,1H3,(H,21,25);1H. The van der Waals surface area contributed by atoms with E-state index in [9.17, 15) is 9.59 Å². The third kappa shape index (κ3) is 6.94. The van der Waals surface area contributed by atoms with E-state index in [1.54, 1.807) is 0 Å². The molecule has 6 nitrogen and oxygen atoms in total. The van der Waals surface area contributed by atoms with Crippen LogP contribution in [0.2, 0.25) is 0 Å². The SMILES string of the molecule is CCN(Cc1ccccc1)C(=O)CN1CCCC(C(=O)NCCN)C1.Cl. The van der Waals surface area contributed by atoms with E-state index in [1.165, 1.54) is 0 Å². The molecule has 1 aliphatic rings. The third-order valence-corrected chi connectivity index (χ3v) is 4.63. The van der Waals surface area contributed by atoms with Crippen molar-refractivity contribution in [2.24, 2.45) is 11.7 Å². The zero-order valence-corrected chi connectivity index (χ0v) is 16.3. The first-order chi connectivity index (χ1) is 12.1. The summed E-state index contributed by atoms with van der Waals surface area (Å²) in [5.41, 5.74) is 6.57. The van der Waals surface area contributed by atoms with E-state index >= 15 is 0 Å². The van der Waals surface area contributed by atoms with Crippen molar-refractivity contribution in [2.75, 3.05) is 39.3 Å². The molecule has 0 aliphatic carbocycles. The largest absolute Gasteiger partial charge is 0.355 e. The highest BCUT2D eigenvalue weighted by Crippen LogP contribution is 2.17. The molecule has 0 bridgehead atoms. The van der Waals surface area contributed by atoms with Crippen molar-refractivity contribution < 1.29 is 9.59 Å². The molecule has 1 aliphatic heterocycles. The first-order valence-corrected chi connectivity index (χ1v) is 9.15. The van der Waals surface area contributed by atoms with E-state index in [1.807, 2.05) is 42.2 Å². The molecule has 0 saturated carbocycles. The van der Waals surface area contributed by atoms with Crippen LogP contribution in [0.5, 0.6) is 0 Å². The van der Waals surface area contributed by atoms with Crippen molar-refractivity contribution in [2.45, 2.75) is 26.3 Å². The topological polar surface area (TPSA) is 78.7 Å². The van der Waals surface area contributed by atoms with Gasteiger partial charge in [-0.3, -0.25) is 14.5 Å². The summed E-state index contributed by atoms with van der Waals surface area (Å²) in [6, 6.07) is 10.0. The maximum absolute atomic E-state index is 12.7. The van der Waals surface area contributed by atoms with Gasteiger partial charge in [0.25, 0.3) is 0 Å². The lowest BCUT2D eigenvalue weighted by atomic mass is 9.97. The lowest BCUT2D eigenvalue weighted by molar-refractivity contribution is -0.135. The first-order valence-electron chi connectivity index (χ1n) is 9.15. The van der Waals surface area contributed by atoms with E-state index in [2.05, 4.69) is 10.2 Å². The van der Waals surface area contributed by atoms with E-state index in [-0.39, 0.29) is 30.1 Å². The zero-order chi connectivity index (χ0) is 18.1. The van der Waals surface area contributed by atoms with Crippen LogP contribution in [0, 0.1) is 5.92 Å². The second kappa shape index (κ2) is 11.9. The average molecular weight is 383 g/mol. The molecule has 1 heterocycles. The molecule has 146 valence electrons. The summed E-state index contributed by atoms with van der Waals surface area (Å²) >= 11 is 0. The van der Waals surface area contributed by atoms with E-state index in [0.717, 1.165) is 24.9 Å². The molecule has 0 radical (unpaired) electrons. The molecule has 2 amide bonds. The number of benzene rings is 1. The number of nitrogens with one attached hydrogen (secondary N) is 1. The normalized spacial score (nSPS) is 17.2. The van der Waals surface area contributed by atoms with E-state index < -0.39 is 0 Å². The molecule has 1 unspecified atom stereocenters. The summed E-state index contributed by atoms with van der Waals surface area (Å²) < 4.78 is 0. The molecule has 1 aromatic carbocycles. The Bertz CT molecular complexity index is 556. The summed E-state index contributed by atoms with van der Waals surface area (Å²) in [7, 11) is 0. The number of nitrogens with zero attached hydrogens (tertiary/aromatic N) is 2. The molecular weight excluding hydrogens is 352 g/mol. The lowest BCUT2D eigenvalue weighted by Crippen LogP contribution is -2.47. The van der Waals surface area contributed by atoms with Gasteiger partial charge in [-0.25, -0.2) is 0 Å². The maximum atomic E-state index is 12.7. The maximum Gasteiger partial charge on any atom is 0.237 e. The smallest absolute Gasteiger partial charge is 0.237 e. The number of hydrogen-bond acceptors (Lipinski definition) is 4.